The number of benzene rings is 3. The number of likely N-dealkylation sites (N-methyl/N-ethyl adjacent to an activating group) is 1. The first kappa shape index (κ1) is 21.6. The number of hydrogen-bond acceptors (Lipinski definition) is 3. The van der Waals surface area contributed by atoms with Gasteiger partial charge in [-0.25, -0.2) is 4.90 Å². The van der Waals surface area contributed by atoms with Crippen LogP contribution in [0.15, 0.2) is 78.5 Å². The van der Waals surface area contributed by atoms with Crippen molar-refractivity contribution in [1.82, 2.24) is 4.90 Å². The van der Waals surface area contributed by atoms with Gasteiger partial charge in [0, 0.05) is 13.1 Å². The summed E-state index contributed by atoms with van der Waals surface area (Å²) in [7, 11) is 0. The lowest BCUT2D eigenvalue weighted by atomic mass is 9.99. The maximum atomic E-state index is 13.8. The van der Waals surface area contributed by atoms with E-state index in [4.69, 9.17) is 0 Å². The zero-order valence-corrected chi connectivity index (χ0v) is 19.1. The van der Waals surface area contributed by atoms with Gasteiger partial charge in [-0.3, -0.25) is 9.59 Å². The number of amides is 2. The predicted octanol–water partition coefficient (Wildman–Crippen LogP) is 5.42. The van der Waals surface area contributed by atoms with Gasteiger partial charge in [-0.15, -0.1) is 0 Å². The molecule has 0 aromatic heterocycles. The summed E-state index contributed by atoms with van der Waals surface area (Å²) in [5, 5.41) is 0. The third-order valence-corrected chi connectivity index (χ3v) is 6.13. The Morgan fingerprint density at radius 3 is 2.09 bits per heavy atom. The topological polar surface area (TPSA) is 40.6 Å². The summed E-state index contributed by atoms with van der Waals surface area (Å²) in [4.78, 5) is 30.9. The van der Waals surface area contributed by atoms with Crippen LogP contribution in [0.25, 0.3) is 5.57 Å². The largest absolute Gasteiger partial charge is 0.362 e. The SMILES string of the molecule is CCN(Cc1ccccc1)C1=C(c2ccc(C)c(C)c2)C(=O)N(c2ccccc2C)C1=O. The fourth-order valence-corrected chi connectivity index (χ4v) is 4.15. The molecule has 4 rings (SSSR count). The third-order valence-electron chi connectivity index (χ3n) is 6.13. The first-order valence-corrected chi connectivity index (χ1v) is 11.0. The van der Waals surface area contributed by atoms with Crippen LogP contribution in [0, 0.1) is 20.8 Å². The molecule has 0 radical (unpaired) electrons. The van der Waals surface area contributed by atoms with Gasteiger partial charge in [0.15, 0.2) is 0 Å². The molecule has 0 aliphatic carbocycles. The summed E-state index contributed by atoms with van der Waals surface area (Å²) in [6, 6.07) is 23.5. The summed E-state index contributed by atoms with van der Waals surface area (Å²) in [6.07, 6.45) is 0. The van der Waals surface area contributed by atoms with E-state index < -0.39 is 0 Å². The zero-order chi connectivity index (χ0) is 22.8. The van der Waals surface area contributed by atoms with Gasteiger partial charge in [-0.05, 0) is 61.6 Å². The van der Waals surface area contributed by atoms with Crippen molar-refractivity contribution in [3.05, 3.63) is 106 Å². The maximum Gasteiger partial charge on any atom is 0.282 e. The minimum Gasteiger partial charge on any atom is -0.362 e. The highest BCUT2D eigenvalue weighted by Gasteiger charge is 2.42. The fourth-order valence-electron chi connectivity index (χ4n) is 4.15. The number of para-hydroxylation sites is 1. The second kappa shape index (κ2) is 8.83. The Labute approximate surface area is 189 Å². The molecule has 4 heteroatoms. The van der Waals surface area contributed by atoms with Crippen LogP contribution in [0.3, 0.4) is 0 Å². The number of carbonyl (C=O) groups is 2. The number of rotatable bonds is 6. The number of nitrogens with zero attached hydrogens (tertiary/aromatic N) is 2. The van der Waals surface area contributed by atoms with Crippen molar-refractivity contribution in [2.75, 3.05) is 11.4 Å². The van der Waals surface area contributed by atoms with Crippen molar-refractivity contribution in [3.8, 4) is 0 Å². The highest BCUT2D eigenvalue weighted by atomic mass is 16.2. The van der Waals surface area contributed by atoms with Crippen LogP contribution >= 0.6 is 0 Å². The van der Waals surface area contributed by atoms with E-state index in [1.807, 2.05) is 105 Å². The Hall–Kier alpha value is -3.66. The van der Waals surface area contributed by atoms with Crippen molar-refractivity contribution in [3.63, 3.8) is 0 Å². The average Bonchev–Trinajstić information content (AvgIpc) is 3.05. The number of hydrogen-bond donors (Lipinski definition) is 0. The molecule has 0 spiro atoms. The Kier molecular flexibility index (Phi) is 5.95. The molecule has 0 saturated heterocycles. The molecular weight excluding hydrogens is 396 g/mol. The van der Waals surface area contributed by atoms with E-state index >= 15 is 0 Å². The first-order chi connectivity index (χ1) is 15.4. The lowest BCUT2D eigenvalue weighted by Crippen LogP contribution is -2.35. The van der Waals surface area contributed by atoms with E-state index in [0.717, 1.165) is 27.8 Å². The molecule has 3 aromatic carbocycles. The number of carbonyl (C=O) groups excluding carboxylic acids is 2. The van der Waals surface area contributed by atoms with E-state index in [2.05, 4.69) is 0 Å². The van der Waals surface area contributed by atoms with Gasteiger partial charge in [0.05, 0.1) is 11.3 Å². The zero-order valence-electron chi connectivity index (χ0n) is 19.1. The predicted molar refractivity (Wildman–Crippen MR) is 129 cm³/mol. The van der Waals surface area contributed by atoms with Gasteiger partial charge in [-0.2, -0.15) is 0 Å². The molecule has 0 unspecified atom stereocenters. The van der Waals surface area contributed by atoms with Crippen LogP contribution in [-0.4, -0.2) is 23.3 Å². The monoisotopic (exact) mass is 424 g/mol. The minimum atomic E-state index is -0.269. The summed E-state index contributed by atoms with van der Waals surface area (Å²) >= 11 is 0. The van der Waals surface area contributed by atoms with Crippen LogP contribution in [0.1, 0.15) is 34.7 Å². The molecule has 0 bridgehead atoms. The molecule has 3 aromatic rings. The van der Waals surface area contributed by atoms with Crippen molar-refractivity contribution in [2.24, 2.45) is 0 Å². The Morgan fingerprint density at radius 1 is 0.750 bits per heavy atom. The van der Waals surface area contributed by atoms with Crippen LogP contribution < -0.4 is 4.90 Å². The van der Waals surface area contributed by atoms with Crippen LogP contribution in [-0.2, 0) is 16.1 Å². The minimum absolute atomic E-state index is 0.268. The number of anilines is 1. The molecule has 1 heterocycles. The lowest BCUT2D eigenvalue weighted by molar-refractivity contribution is -0.120. The summed E-state index contributed by atoms with van der Waals surface area (Å²) in [5.41, 5.74) is 6.58. The smallest absolute Gasteiger partial charge is 0.282 e. The van der Waals surface area contributed by atoms with Gasteiger partial charge in [0.2, 0.25) is 0 Å². The Morgan fingerprint density at radius 2 is 1.44 bits per heavy atom. The standard InChI is InChI=1S/C28H28N2O2/c1-5-29(18-22-12-7-6-8-13-22)26-25(23-16-15-19(2)21(4)17-23)27(31)30(28(26)32)24-14-10-9-11-20(24)3/h6-17H,5,18H2,1-4H3. The van der Waals surface area contributed by atoms with Gasteiger partial charge >= 0.3 is 0 Å². The average molecular weight is 425 g/mol. The van der Waals surface area contributed by atoms with Gasteiger partial charge < -0.3 is 4.90 Å². The molecule has 0 fully saturated rings. The first-order valence-electron chi connectivity index (χ1n) is 11.0. The molecule has 0 saturated carbocycles. The summed E-state index contributed by atoms with van der Waals surface area (Å²) < 4.78 is 0. The number of imide groups is 1. The molecule has 162 valence electrons. The highest BCUT2D eigenvalue weighted by Crippen LogP contribution is 2.37. The maximum absolute atomic E-state index is 13.8. The van der Waals surface area contributed by atoms with Crippen LogP contribution in [0.5, 0.6) is 0 Å². The Bertz CT molecular complexity index is 1210. The van der Waals surface area contributed by atoms with E-state index in [1.54, 1.807) is 0 Å². The van der Waals surface area contributed by atoms with Crippen molar-refractivity contribution in [1.29, 1.82) is 0 Å². The Balaban J connectivity index is 1.87. The molecule has 32 heavy (non-hydrogen) atoms. The summed E-state index contributed by atoms with van der Waals surface area (Å²) in [6.45, 7) is 9.18. The fraction of sp³-hybridized carbons (Fsp3) is 0.214. The van der Waals surface area contributed by atoms with E-state index in [0.29, 0.717) is 30.0 Å². The molecule has 1 aliphatic rings. The van der Waals surface area contributed by atoms with E-state index in [-0.39, 0.29) is 11.8 Å². The molecule has 1 aliphatic heterocycles. The van der Waals surface area contributed by atoms with E-state index in [9.17, 15) is 9.59 Å². The molecule has 0 N–H and O–H groups in total. The quantitative estimate of drug-likeness (QED) is 0.496. The molecule has 0 atom stereocenters. The highest BCUT2D eigenvalue weighted by molar-refractivity contribution is 6.45. The van der Waals surface area contributed by atoms with Crippen molar-refractivity contribution < 1.29 is 9.59 Å². The molecule has 2 amide bonds. The van der Waals surface area contributed by atoms with Crippen LogP contribution in [0.4, 0.5) is 5.69 Å². The van der Waals surface area contributed by atoms with Crippen LogP contribution in [0.2, 0.25) is 0 Å². The number of aryl methyl sites for hydroxylation is 3. The third kappa shape index (κ3) is 3.84. The second-order valence-corrected chi connectivity index (χ2v) is 8.25. The summed E-state index contributed by atoms with van der Waals surface area (Å²) in [5.74, 6) is -0.538. The molecule has 4 nitrogen and oxygen atoms in total. The lowest BCUT2D eigenvalue weighted by Gasteiger charge is -2.25. The normalized spacial score (nSPS) is 13.8. The van der Waals surface area contributed by atoms with Gasteiger partial charge in [0.25, 0.3) is 11.8 Å². The van der Waals surface area contributed by atoms with Crippen molar-refractivity contribution >= 4 is 23.1 Å². The van der Waals surface area contributed by atoms with Crippen molar-refractivity contribution in [2.45, 2.75) is 34.2 Å². The molecular formula is C28H28N2O2. The van der Waals surface area contributed by atoms with Gasteiger partial charge in [0.1, 0.15) is 5.70 Å². The second-order valence-electron chi connectivity index (χ2n) is 8.25. The van der Waals surface area contributed by atoms with E-state index in [1.165, 1.54) is 4.90 Å². The van der Waals surface area contributed by atoms with Gasteiger partial charge in [-0.1, -0.05) is 66.7 Å².